The molecule has 1 saturated heterocycles. The van der Waals surface area contributed by atoms with Crippen LogP contribution in [0.5, 0.6) is 5.75 Å². The molecule has 2 aromatic heterocycles. The van der Waals surface area contributed by atoms with Crippen molar-refractivity contribution in [2.45, 2.75) is 19.3 Å². The quantitative estimate of drug-likeness (QED) is 0.538. The van der Waals surface area contributed by atoms with Gasteiger partial charge in [0, 0.05) is 38.1 Å². The molecule has 3 aromatic rings. The van der Waals surface area contributed by atoms with Crippen LogP contribution in [-0.2, 0) is 17.8 Å². The second-order valence-corrected chi connectivity index (χ2v) is 8.46. The van der Waals surface area contributed by atoms with Gasteiger partial charge in [-0.25, -0.2) is 4.98 Å². The molecular formula is C22H21F3N4O4S. The van der Waals surface area contributed by atoms with Gasteiger partial charge in [-0.3, -0.25) is 19.8 Å². The first-order valence-electron chi connectivity index (χ1n) is 10.4. The van der Waals surface area contributed by atoms with Gasteiger partial charge < -0.3 is 14.1 Å². The van der Waals surface area contributed by atoms with Crippen LogP contribution in [0, 0.1) is 0 Å². The summed E-state index contributed by atoms with van der Waals surface area (Å²) in [6.45, 7) is 2.95. The van der Waals surface area contributed by atoms with Crippen molar-refractivity contribution in [2.75, 3.05) is 31.5 Å². The highest BCUT2D eigenvalue weighted by atomic mass is 32.1. The Labute approximate surface area is 196 Å². The number of anilines is 1. The van der Waals surface area contributed by atoms with Crippen LogP contribution in [0.2, 0.25) is 0 Å². The molecule has 1 N–H and O–H groups in total. The van der Waals surface area contributed by atoms with Gasteiger partial charge in [0.05, 0.1) is 18.4 Å². The standard InChI is InChI=1S/C22H21F3N4O4S/c23-22(24,25)33-17-5-3-15(4-6-17)13-28-7-9-29(10-8-28)19(30)12-16-14-34-21(26-16)27-20(31)18-2-1-11-32-18/h1-6,11,14H,7-10,12-13H2,(H,26,27,31). The molecule has 0 unspecified atom stereocenters. The number of amides is 2. The number of carbonyl (C=O) groups is 2. The molecule has 1 fully saturated rings. The third-order valence-corrected chi connectivity index (χ3v) is 5.94. The highest BCUT2D eigenvalue weighted by molar-refractivity contribution is 7.14. The van der Waals surface area contributed by atoms with Gasteiger partial charge in [0.1, 0.15) is 5.75 Å². The Morgan fingerprint density at radius 2 is 1.85 bits per heavy atom. The molecule has 0 atom stereocenters. The predicted octanol–water partition coefficient (Wildman–Crippen LogP) is 3.77. The molecule has 0 aliphatic carbocycles. The van der Waals surface area contributed by atoms with Crippen molar-refractivity contribution in [3.63, 3.8) is 0 Å². The molecule has 1 aliphatic heterocycles. The van der Waals surface area contributed by atoms with Crippen molar-refractivity contribution in [1.29, 1.82) is 0 Å². The highest BCUT2D eigenvalue weighted by Crippen LogP contribution is 2.23. The molecule has 0 spiro atoms. The Morgan fingerprint density at radius 1 is 1.12 bits per heavy atom. The monoisotopic (exact) mass is 494 g/mol. The van der Waals surface area contributed by atoms with Gasteiger partial charge in [0.15, 0.2) is 10.9 Å². The van der Waals surface area contributed by atoms with E-state index in [9.17, 15) is 22.8 Å². The van der Waals surface area contributed by atoms with Crippen LogP contribution < -0.4 is 10.1 Å². The van der Waals surface area contributed by atoms with E-state index in [1.54, 1.807) is 34.5 Å². The molecule has 0 bridgehead atoms. The van der Waals surface area contributed by atoms with Gasteiger partial charge >= 0.3 is 6.36 Å². The van der Waals surface area contributed by atoms with Crippen molar-refractivity contribution in [2.24, 2.45) is 0 Å². The Hall–Kier alpha value is -3.38. The molecule has 0 radical (unpaired) electrons. The minimum Gasteiger partial charge on any atom is -0.459 e. The summed E-state index contributed by atoms with van der Waals surface area (Å²) in [6, 6.07) is 8.95. The number of nitrogens with one attached hydrogen (secondary N) is 1. The third kappa shape index (κ3) is 6.58. The molecule has 3 heterocycles. The number of benzene rings is 1. The van der Waals surface area contributed by atoms with Crippen molar-refractivity contribution in [3.8, 4) is 5.75 Å². The molecule has 2 amide bonds. The zero-order valence-electron chi connectivity index (χ0n) is 17.9. The fourth-order valence-corrected chi connectivity index (χ4v) is 4.19. The predicted molar refractivity (Wildman–Crippen MR) is 117 cm³/mol. The molecule has 180 valence electrons. The number of rotatable bonds is 7. The summed E-state index contributed by atoms with van der Waals surface area (Å²) < 4.78 is 45.7. The Balaban J connectivity index is 1.22. The first kappa shape index (κ1) is 23.8. The van der Waals surface area contributed by atoms with E-state index < -0.39 is 12.3 Å². The van der Waals surface area contributed by atoms with Crippen LogP contribution in [0.25, 0.3) is 0 Å². The number of halogens is 3. The number of alkyl halides is 3. The highest BCUT2D eigenvalue weighted by Gasteiger charge is 2.31. The van der Waals surface area contributed by atoms with Crippen LogP contribution in [-0.4, -0.2) is 59.1 Å². The van der Waals surface area contributed by atoms with E-state index in [4.69, 9.17) is 4.42 Å². The first-order valence-corrected chi connectivity index (χ1v) is 11.3. The summed E-state index contributed by atoms with van der Waals surface area (Å²) in [6.07, 6.45) is -3.17. The first-order chi connectivity index (χ1) is 16.2. The molecule has 34 heavy (non-hydrogen) atoms. The van der Waals surface area contributed by atoms with Crippen molar-refractivity contribution in [3.05, 3.63) is 65.1 Å². The van der Waals surface area contributed by atoms with E-state index >= 15 is 0 Å². The largest absolute Gasteiger partial charge is 0.573 e. The van der Waals surface area contributed by atoms with E-state index in [1.165, 1.54) is 29.7 Å². The van der Waals surface area contributed by atoms with Gasteiger partial charge in [0.25, 0.3) is 5.91 Å². The van der Waals surface area contributed by atoms with Gasteiger partial charge in [-0.2, -0.15) is 0 Å². The lowest BCUT2D eigenvalue weighted by molar-refractivity contribution is -0.274. The number of furan rings is 1. The smallest absolute Gasteiger partial charge is 0.459 e. The maximum absolute atomic E-state index is 12.7. The minimum absolute atomic E-state index is 0.0532. The van der Waals surface area contributed by atoms with Crippen LogP contribution in [0.1, 0.15) is 21.8 Å². The third-order valence-electron chi connectivity index (χ3n) is 5.14. The van der Waals surface area contributed by atoms with E-state index in [1.807, 2.05) is 0 Å². The molecular weight excluding hydrogens is 473 g/mol. The summed E-state index contributed by atoms with van der Waals surface area (Å²) in [5, 5.41) is 4.76. The number of ether oxygens (including phenoxy) is 1. The van der Waals surface area contributed by atoms with Crippen LogP contribution in [0.15, 0.2) is 52.5 Å². The molecule has 1 aliphatic rings. The second-order valence-electron chi connectivity index (χ2n) is 7.60. The van der Waals surface area contributed by atoms with Gasteiger partial charge in [-0.1, -0.05) is 12.1 Å². The van der Waals surface area contributed by atoms with E-state index in [-0.39, 0.29) is 23.8 Å². The Bertz CT molecular complexity index is 1110. The molecule has 4 rings (SSSR count). The van der Waals surface area contributed by atoms with E-state index in [0.717, 1.165) is 5.56 Å². The molecule has 8 nitrogen and oxygen atoms in total. The Morgan fingerprint density at radius 3 is 2.50 bits per heavy atom. The van der Waals surface area contributed by atoms with Gasteiger partial charge in [-0.05, 0) is 29.8 Å². The summed E-state index contributed by atoms with van der Waals surface area (Å²) in [4.78, 5) is 32.9. The maximum atomic E-state index is 12.7. The topological polar surface area (TPSA) is 87.9 Å². The zero-order valence-corrected chi connectivity index (χ0v) is 18.7. The van der Waals surface area contributed by atoms with Gasteiger partial charge in [-0.15, -0.1) is 24.5 Å². The maximum Gasteiger partial charge on any atom is 0.573 e. The number of nitrogens with zero attached hydrogens (tertiary/aromatic N) is 3. The number of thiazole rings is 1. The number of aromatic nitrogens is 1. The fraction of sp³-hybridized carbons (Fsp3) is 0.318. The summed E-state index contributed by atoms with van der Waals surface area (Å²) in [5.41, 5.74) is 1.44. The van der Waals surface area contributed by atoms with Crippen LogP contribution >= 0.6 is 11.3 Å². The van der Waals surface area contributed by atoms with Crippen molar-refractivity contribution >= 4 is 28.3 Å². The zero-order chi connectivity index (χ0) is 24.1. The molecule has 1 aromatic carbocycles. The summed E-state index contributed by atoms with van der Waals surface area (Å²) in [7, 11) is 0. The van der Waals surface area contributed by atoms with Crippen LogP contribution in [0.4, 0.5) is 18.3 Å². The lowest BCUT2D eigenvalue weighted by atomic mass is 10.2. The normalized spacial score (nSPS) is 14.7. The van der Waals surface area contributed by atoms with Crippen molar-refractivity contribution < 1.29 is 31.9 Å². The number of piperazine rings is 1. The lowest BCUT2D eigenvalue weighted by Crippen LogP contribution is -2.48. The summed E-state index contributed by atoms with van der Waals surface area (Å²) in [5.74, 6) is -0.535. The van der Waals surface area contributed by atoms with E-state index in [2.05, 4.69) is 19.9 Å². The number of carbonyl (C=O) groups excluding carboxylic acids is 2. The van der Waals surface area contributed by atoms with Crippen LogP contribution in [0.3, 0.4) is 0 Å². The second kappa shape index (κ2) is 10.3. The number of hydrogen-bond acceptors (Lipinski definition) is 7. The van der Waals surface area contributed by atoms with Gasteiger partial charge in [0.2, 0.25) is 5.91 Å². The average Bonchev–Trinajstić information content (AvgIpc) is 3.47. The average molecular weight is 494 g/mol. The fourth-order valence-electron chi connectivity index (χ4n) is 3.49. The molecule has 0 saturated carbocycles. The SMILES string of the molecule is O=C(Nc1nc(CC(=O)N2CCN(Cc3ccc(OC(F)(F)F)cc3)CC2)cs1)c1ccco1. The Kier molecular flexibility index (Phi) is 7.17. The number of hydrogen-bond donors (Lipinski definition) is 1. The van der Waals surface area contributed by atoms with Crippen molar-refractivity contribution in [1.82, 2.24) is 14.8 Å². The summed E-state index contributed by atoms with van der Waals surface area (Å²) >= 11 is 1.23. The lowest BCUT2D eigenvalue weighted by Gasteiger charge is -2.34. The minimum atomic E-state index is -4.71. The van der Waals surface area contributed by atoms with E-state index in [0.29, 0.717) is 43.5 Å². The molecule has 12 heteroatoms.